The summed E-state index contributed by atoms with van der Waals surface area (Å²) in [5, 5.41) is 11.1. The summed E-state index contributed by atoms with van der Waals surface area (Å²) < 4.78 is 23.4. The van der Waals surface area contributed by atoms with Crippen molar-refractivity contribution >= 4 is 17.9 Å². The lowest BCUT2D eigenvalue weighted by Gasteiger charge is -2.22. The zero-order valence-electron chi connectivity index (χ0n) is 15.2. The van der Waals surface area contributed by atoms with Crippen LogP contribution in [0.4, 0.5) is 0 Å². The zero-order valence-corrected chi connectivity index (χ0v) is 15.2. The van der Waals surface area contributed by atoms with Gasteiger partial charge in [-0.25, -0.2) is 0 Å². The second-order valence-electron chi connectivity index (χ2n) is 6.05. The summed E-state index contributed by atoms with van der Waals surface area (Å²) in [4.78, 5) is 33.8. The van der Waals surface area contributed by atoms with E-state index in [0.717, 1.165) is 0 Å². The van der Waals surface area contributed by atoms with Gasteiger partial charge in [-0.1, -0.05) is 6.58 Å². The van der Waals surface area contributed by atoms with Crippen LogP contribution in [0.25, 0.3) is 0 Å². The summed E-state index contributed by atoms with van der Waals surface area (Å²) in [7, 11) is 0. The Labute approximate surface area is 156 Å². The number of carbonyl (C=O) groups excluding carboxylic acids is 3. The number of ether oxygens (including phenoxy) is 4. The molecule has 0 spiro atoms. The number of carboxylic acids is 1. The number of nitrogens with zero attached hydrogens (tertiary/aromatic N) is 1. The van der Waals surface area contributed by atoms with Crippen molar-refractivity contribution in [3.05, 3.63) is 42.4 Å². The van der Waals surface area contributed by atoms with Gasteiger partial charge in [-0.15, -0.1) is 0 Å². The lowest BCUT2D eigenvalue weighted by atomic mass is 10.1. The van der Waals surface area contributed by atoms with Gasteiger partial charge < -0.3 is 28.8 Å². The summed E-state index contributed by atoms with van der Waals surface area (Å²) in [6.07, 6.45) is -0.521. The second-order valence-corrected chi connectivity index (χ2v) is 6.05. The summed E-state index contributed by atoms with van der Waals surface area (Å²) in [6.45, 7) is 7.61. The third-order valence-electron chi connectivity index (χ3n) is 3.73. The van der Waals surface area contributed by atoms with Gasteiger partial charge >= 0.3 is 18.2 Å². The van der Waals surface area contributed by atoms with Crippen LogP contribution in [-0.4, -0.2) is 42.8 Å². The van der Waals surface area contributed by atoms with Crippen molar-refractivity contribution in [3.8, 4) is 0 Å². The molecule has 1 aromatic rings. The summed E-state index contributed by atoms with van der Waals surface area (Å²) in [5.41, 5.74) is -0.0670. The van der Waals surface area contributed by atoms with Crippen molar-refractivity contribution in [1.82, 2.24) is 0 Å². The van der Waals surface area contributed by atoms with Crippen LogP contribution in [-0.2, 0) is 28.5 Å². The van der Waals surface area contributed by atoms with Gasteiger partial charge in [0.2, 0.25) is 6.10 Å². The first kappa shape index (κ1) is 20.4. The van der Waals surface area contributed by atoms with E-state index in [4.69, 9.17) is 18.9 Å². The SMILES string of the molecule is C=C(C)O[C@@H]1[C@H](OC(C)=O)[C@@H](COC(C)=O)O[C@H]1[n+]1cccc(C(=O)[O-])c1. The topological polar surface area (TPSA) is 115 Å². The smallest absolute Gasteiger partial charge is 0.304 e. The average molecular weight is 379 g/mol. The van der Waals surface area contributed by atoms with Crippen LogP contribution in [0.15, 0.2) is 36.9 Å². The summed E-state index contributed by atoms with van der Waals surface area (Å²) in [6, 6.07) is 2.88. The first-order valence-electron chi connectivity index (χ1n) is 8.19. The molecule has 9 heteroatoms. The maximum atomic E-state index is 11.5. The summed E-state index contributed by atoms with van der Waals surface area (Å²) >= 11 is 0. The van der Waals surface area contributed by atoms with Gasteiger partial charge in [0.25, 0.3) is 0 Å². The molecule has 146 valence electrons. The molecular weight excluding hydrogens is 358 g/mol. The van der Waals surface area contributed by atoms with Crippen molar-refractivity contribution < 1.29 is 43.0 Å². The molecule has 0 unspecified atom stereocenters. The molecule has 1 aliphatic rings. The van der Waals surface area contributed by atoms with Crippen LogP contribution < -0.4 is 9.67 Å². The number of hydrogen-bond acceptors (Lipinski definition) is 8. The highest BCUT2D eigenvalue weighted by Crippen LogP contribution is 2.32. The van der Waals surface area contributed by atoms with Crippen molar-refractivity contribution in [2.24, 2.45) is 0 Å². The number of aromatic carboxylic acids is 1. The Morgan fingerprint density at radius 1 is 1.19 bits per heavy atom. The fourth-order valence-electron chi connectivity index (χ4n) is 2.75. The Morgan fingerprint density at radius 2 is 1.89 bits per heavy atom. The maximum absolute atomic E-state index is 11.5. The predicted octanol–water partition coefficient (Wildman–Crippen LogP) is -0.351. The largest absolute Gasteiger partial charge is 0.545 e. The Bertz CT molecular complexity index is 747. The zero-order chi connectivity index (χ0) is 20.1. The number of allylic oxidation sites excluding steroid dienone is 1. The van der Waals surface area contributed by atoms with Crippen molar-refractivity contribution in [3.63, 3.8) is 0 Å². The van der Waals surface area contributed by atoms with Crippen LogP contribution in [0.3, 0.4) is 0 Å². The van der Waals surface area contributed by atoms with Gasteiger partial charge in [-0.3, -0.25) is 9.59 Å². The molecule has 0 amide bonds. The average Bonchev–Trinajstić information content (AvgIpc) is 2.89. The molecule has 1 fully saturated rings. The number of hydrogen-bond donors (Lipinski definition) is 0. The van der Waals surface area contributed by atoms with Crippen LogP contribution in [0.5, 0.6) is 0 Å². The number of carboxylic acid groups (broad SMARTS) is 1. The first-order chi connectivity index (χ1) is 12.7. The van der Waals surface area contributed by atoms with Crippen molar-refractivity contribution in [1.29, 1.82) is 0 Å². The van der Waals surface area contributed by atoms with Crippen LogP contribution in [0, 0.1) is 0 Å². The maximum Gasteiger partial charge on any atom is 0.304 e. The van der Waals surface area contributed by atoms with E-state index in [2.05, 4.69) is 6.58 Å². The van der Waals surface area contributed by atoms with Gasteiger partial charge in [0, 0.05) is 19.9 Å². The molecule has 27 heavy (non-hydrogen) atoms. The van der Waals surface area contributed by atoms with Crippen LogP contribution in [0.2, 0.25) is 0 Å². The van der Waals surface area contributed by atoms with E-state index in [1.54, 1.807) is 13.1 Å². The minimum absolute atomic E-state index is 0.0670. The van der Waals surface area contributed by atoms with Crippen LogP contribution in [0.1, 0.15) is 37.4 Å². The Hall–Kier alpha value is -2.94. The highest BCUT2D eigenvalue weighted by molar-refractivity contribution is 5.84. The van der Waals surface area contributed by atoms with E-state index in [9.17, 15) is 19.5 Å². The van der Waals surface area contributed by atoms with E-state index in [-0.39, 0.29) is 12.2 Å². The lowest BCUT2D eigenvalue weighted by Crippen LogP contribution is -2.48. The standard InChI is InChI=1S/C18H21NO8/c1-10(2)25-16-15(26-12(4)21)14(9-24-11(3)20)27-17(16)19-7-5-6-13(8-19)18(22)23/h5-8,14-17H,1,9H2,2-4H3/t14-,15-,16-,17-/m1/s1. The van der Waals surface area contributed by atoms with E-state index in [1.807, 2.05) is 0 Å². The number of rotatable bonds is 7. The number of esters is 2. The molecule has 9 nitrogen and oxygen atoms in total. The van der Waals surface area contributed by atoms with Gasteiger partial charge in [-0.2, -0.15) is 4.57 Å². The molecule has 0 bridgehead atoms. The second kappa shape index (κ2) is 8.63. The van der Waals surface area contributed by atoms with Gasteiger partial charge in [-0.05, 0) is 13.0 Å². The minimum Gasteiger partial charge on any atom is -0.545 e. The Kier molecular flexibility index (Phi) is 6.51. The van der Waals surface area contributed by atoms with E-state index in [0.29, 0.717) is 5.76 Å². The van der Waals surface area contributed by atoms with Crippen LogP contribution >= 0.6 is 0 Å². The Morgan fingerprint density at radius 3 is 2.44 bits per heavy atom. The number of carbonyl (C=O) groups is 3. The monoisotopic (exact) mass is 379 g/mol. The third kappa shape index (κ3) is 5.27. The molecule has 0 N–H and O–H groups in total. The molecular formula is C18H21NO8. The molecule has 0 radical (unpaired) electrons. The molecule has 2 rings (SSSR count). The predicted molar refractivity (Wildman–Crippen MR) is 86.8 cm³/mol. The number of aromatic nitrogens is 1. The molecule has 1 aromatic heterocycles. The quantitative estimate of drug-likeness (QED) is 0.359. The first-order valence-corrected chi connectivity index (χ1v) is 8.19. The van der Waals surface area contributed by atoms with Crippen molar-refractivity contribution in [2.75, 3.05) is 6.61 Å². The summed E-state index contributed by atoms with van der Waals surface area (Å²) in [5.74, 6) is -2.10. The van der Waals surface area contributed by atoms with E-state index in [1.165, 1.54) is 36.7 Å². The van der Waals surface area contributed by atoms with Gasteiger partial charge in [0.05, 0.1) is 17.3 Å². The molecule has 4 atom stereocenters. The molecule has 1 aliphatic heterocycles. The minimum atomic E-state index is -1.35. The lowest BCUT2D eigenvalue weighted by molar-refractivity contribution is -0.765. The molecule has 0 aliphatic carbocycles. The number of pyridine rings is 1. The van der Waals surface area contributed by atoms with Gasteiger partial charge in [0.15, 0.2) is 18.5 Å². The molecule has 0 saturated carbocycles. The molecule has 1 saturated heterocycles. The third-order valence-corrected chi connectivity index (χ3v) is 3.73. The van der Waals surface area contributed by atoms with E-state index >= 15 is 0 Å². The van der Waals surface area contributed by atoms with E-state index < -0.39 is 42.4 Å². The fourth-order valence-corrected chi connectivity index (χ4v) is 2.75. The highest BCUT2D eigenvalue weighted by Gasteiger charge is 2.54. The van der Waals surface area contributed by atoms with Gasteiger partial charge in [0.1, 0.15) is 12.7 Å². The molecule has 0 aromatic carbocycles. The highest BCUT2D eigenvalue weighted by atomic mass is 16.6. The Balaban J connectivity index is 2.39. The van der Waals surface area contributed by atoms with Crippen molar-refractivity contribution in [2.45, 2.75) is 45.3 Å². The normalized spacial score (nSPS) is 24.1. The fraction of sp³-hybridized carbons (Fsp3) is 0.444. The molecule has 2 heterocycles.